The van der Waals surface area contributed by atoms with Crippen LogP contribution >= 0.6 is 11.6 Å². The van der Waals surface area contributed by atoms with Crippen LogP contribution in [0.1, 0.15) is 29.9 Å². The maximum absolute atomic E-state index is 15.0. The molecule has 7 nitrogen and oxygen atoms in total. The van der Waals surface area contributed by atoms with Crippen LogP contribution in [0.2, 0.25) is 5.02 Å². The van der Waals surface area contributed by atoms with Gasteiger partial charge in [0.2, 0.25) is 23.6 Å². The number of hydrogen-bond donors (Lipinski definition) is 1. The van der Waals surface area contributed by atoms with Gasteiger partial charge in [-0.15, -0.1) is 0 Å². The maximum Gasteiger partial charge on any atom is 0.246 e. The second kappa shape index (κ2) is 9.14. The Balaban J connectivity index is 1.52. The molecule has 0 unspecified atom stereocenters. The highest BCUT2D eigenvalue weighted by Crippen LogP contribution is 2.64. The number of anilines is 1. The van der Waals surface area contributed by atoms with Crippen LogP contribution < -0.4 is 4.90 Å². The smallest absolute Gasteiger partial charge is 0.246 e. The lowest BCUT2D eigenvalue weighted by molar-refractivity contribution is -0.138. The highest BCUT2D eigenvalue weighted by atomic mass is 35.5. The Bertz CT molecular complexity index is 1670. The van der Waals surface area contributed by atoms with Crippen molar-refractivity contribution in [3.63, 3.8) is 0 Å². The Morgan fingerprint density at radius 2 is 1.61 bits per heavy atom. The van der Waals surface area contributed by atoms with E-state index in [0.29, 0.717) is 28.3 Å². The van der Waals surface area contributed by atoms with Crippen LogP contribution in [-0.4, -0.2) is 40.7 Å². The summed E-state index contributed by atoms with van der Waals surface area (Å²) in [6.45, 7) is 0. The highest BCUT2D eigenvalue weighted by Gasteiger charge is 2.70. The van der Waals surface area contributed by atoms with Gasteiger partial charge >= 0.3 is 0 Å². The van der Waals surface area contributed by atoms with E-state index < -0.39 is 35.0 Å². The first kappa shape index (κ1) is 25.7. The van der Waals surface area contributed by atoms with Crippen molar-refractivity contribution < 1.29 is 24.3 Å². The number of aromatic hydroxyl groups is 1. The third kappa shape index (κ3) is 3.45. The lowest BCUT2D eigenvalue weighted by Crippen LogP contribution is -2.53. The van der Waals surface area contributed by atoms with Gasteiger partial charge in [0.1, 0.15) is 5.75 Å². The molecule has 1 saturated carbocycles. The molecule has 41 heavy (non-hydrogen) atoms. The molecule has 4 amide bonds. The van der Waals surface area contributed by atoms with Gasteiger partial charge < -0.3 is 5.11 Å². The topological polar surface area (TPSA) is 95.0 Å². The molecular formula is C33H27ClN2O5. The van der Waals surface area contributed by atoms with Gasteiger partial charge in [0, 0.05) is 18.0 Å². The Kier molecular flexibility index (Phi) is 5.74. The number of nitrogens with zero attached hydrogens (tertiary/aromatic N) is 2. The van der Waals surface area contributed by atoms with Crippen LogP contribution in [-0.2, 0) is 24.6 Å². The molecular weight excluding hydrogens is 540 g/mol. The van der Waals surface area contributed by atoms with E-state index in [4.69, 9.17) is 11.6 Å². The van der Waals surface area contributed by atoms with Crippen LogP contribution in [0.5, 0.6) is 5.75 Å². The SMILES string of the molecule is CN1C(=O)[C@H]2[C@H](CC=C3[C@H]2C[C@H]2C(=O)N(c4cccc(Cl)c4)C(=O)[C@@]2(c2ccccc2)[C@H]3c2cccc(O)c2)C1=O. The van der Waals surface area contributed by atoms with Gasteiger partial charge in [0.25, 0.3) is 0 Å². The minimum atomic E-state index is -1.35. The van der Waals surface area contributed by atoms with E-state index in [0.717, 1.165) is 5.57 Å². The summed E-state index contributed by atoms with van der Waals surface area (Å²) in [6, 6.07) is 22.8. The molecule has 2 aliphatic heterocycles. The van der Waals surface area contributed by atoms with Crippen molar-refractivity contribution in [2.45, 2.75) is 24.2 Å². The normalized spacial score (nSPS) is 30.7. The van der Waals surface area contributed by atoms with Crippen molar-refractivity contribution in [1.82, 2.24) is 4.90 Å². The Labute approximate surface area is 242 Å². The summed E-state index contributed by atoms with van der Waals surface area (Å²) in [5.41, 5.74) is 1.26. The summed E-state index contributed by atoms with van der Waals surface area (Å²) in [5, 5.41) is 11.0. The predicted octanol–water partition coefficient (Wildman–Crippen LogP) is 4.84. The number of hydrogen-bond acceptors (Lipinski definition) is 5. The molecule has 0 bridgehead atoms. The zero-order valence-electron chi connectivity index (χ0n) is 22.2. The number of benzene rings is 3. The van der Waals surface area contributed by atoms with E-state index in [1.54, 1.807) is 42.5 Å². The second-order valence-corrected chi connectivity index (χ2v) is 11.9. The Hall–Kier alpha value is -4.23. The fraction of sp³-hybridized carbons (Fsp3) is 0.273. The molecule has 0 radical (unpaired) electrons. The van der Waals surface area contributed by atoms with E-state index in [1.165, 1.54) is 16.8 Å². The fourth-order valence-corrected chi connectivity index (χ4v) is 8.17. The third-order valence-electron chi connectivity index (χ3n) is 9.59. The summed E-state index contributed by atoms with van der Waals surface area (Å²) in [6.07, 6.45) is 2.62. The van der Waals surface area contributed by atoms with Crippen LogP contribution in [0, 0.1) is 23.7 Å². The summed E-state index contributed by atoms with van der Waals surface area (Å²) >= 11 is 6.31. The summed E-state index contributed by atoms with van der Waals surface area (Å²) < 4.78 is 0. The predicted molar refractivity (Wildman–Crippen MR) is 152 cm³/mol. The fourth-order valence-electron chi connectivity index (χ4n) is 7.98. The number of halogens is 1. The average molecular weight is 567 g/mol. The van der Waals surface area contributed by atoms with Crippen molar-refractivity contribution in [3.05, 3.63) is 107 Å². The minimum absolute atomic E-state index is 0.0361. The van der Waals surface area contributed by atoms with Gasteiger partial charge in [-0.1, -0.05) is 71.8 Å². The third-order valence-corrected chi connectivity index (χ3v) is 9.83. The number of phenolic OH excluding ortho intramolecular Hbond substituents is 1. The van der Waals surface area contributed by atoms with Crippen molar-refractivity contribution in [3.8, 4) is 5.75 Å². The van der Waals surface area contributed by atoms with E-state index >= 15 is 0 Å². The first-order valence-electron chi connectivity index (χ1n) is 13.7. The minimum Gasteiger partial charge on any atom is -0.508 e. The lowest BCUT2D eigenvalue weighted by atomic mass is 9.49. The first-order valence-corrected chi connectivity index (χ1v) is 14.1. The number of carbonyl (C=O) groups excluding carboxylic acids is 4. The molecule has 8 heteroatoms. The molecule has 0 aromatic heterocycles. The van der Waals surface area contributed by atoms with Crippen LogP contribution in [0.3, 0.4) is 0 Å². The van der Waals surface area contributed by atoms with Crippen molar-refractivity contribution >= 4 is 40.9 Å². The molecule has 206 valence electrons. The van der Waals surface area contributed by atoms with Gasteiger partial charge in [-0.25, -0.2) is 4.90 Å². The quantitative estimate of drug-likeness (QED) is 0.362. The lowest BCUT2D eigenvalue weighted by Gasteiger charge is -2.50. The second-order valence-electron chi connectivity index (χ2n) is 11.4. The van der Waals surface area contributed by atoms with Crippen molar-refractivity contribution in [1.29, 1.82) is 0 Å². The van der Waals surface area contributed by atoms with E-state index in [2.05, 4.69) is 0 Å². The number of carbonyl (C=O) groups is 4. The van der Waals surface area contributed by atoms with Crippen LogP contribution in [0.4, 0.5) is 5.69 Å². The number of allylic oxidation sites excluding steroid dienone is 2. The van der Waals surface area contributed by atoms with Gasteiger partial charge in [-0.2, -0.15) is 0 Å². The molecule has 3 fully saturated rings. The van der Waals surface area contributed by atoms with Gasteiger partial charge in [-0.05, 0) is 60.2 Å². The molecule has 0 spiro atoms. The number of imide groups is 2. The zero-order valence-corrected chi connectivity index (χ0v) is 23.0. The number of rotatable bonds is 3. The van der Waals surface area contributed by atoms with E-state index in [-0.39, 0.29) is 35.8 Å². The average Bonchev–Trinajstić information content (AvgIpc) is 3.34. The Morgan fingerprint density at radius 1 is 0.854 bits per heavy atom. The van der Waals surface area contributed by atoms with Gasteiger partial charge in [0.15, 0.2) is 0 Å². The molecule has 7 rings (SSSR count). The highest BCUT2D eigenvalue weighted by molar-refractivity contribution is 6.32. The molecule has 2 aliphatic carbocycles. The van der Waals surface area contributed by atoms with Crippen molar-refractivity contribution in [2.24, 2.45) is 23.7 Å². The summed E-state index contributed by atoms with van der Waals surface area (Å²) in [5.74, 6) is -4.15. The number of likely N-dealkylation sites (tertiary alicyclic amines) is 1. The van der Waals surface area contributed by atoms with Gasteiger partial charge in [-0.3, -0.25) is 24.1 Å². The van der Waals surface area contributed by atoms with Crippen molar-refractivity contribution in [2.75, 3.05) is 11.9 Å². The molecule has 2 heterocycles. The molecule has 6 atom stereocenters. The van der Waals surface area contributed by atoms with E-state index in [1.807, 2.05) is 42.5 Å². The molecule has 3 aromatic rings. The zero-order chi connectivity index (χ0) is 28.6. The van der Waals surface area contributed by atoms with Crippen LogP contribution in [0.25, 0.3) is 0 Å². The molecule has 2 saturated heterocycles. The first-order chi connectivity index (χ1) is 19.7. The summed E-state index contributed by atoms with van der Waals surface area (Å²) in [7, 11) is 1.51. The monoisotopic (exact) mass is 566 g/mol. The van der Waals surface area contributed by atoms with E-state index in [9.17, 15) is 24.3 Å². The Morgan fingerprint density at radius 3 is 2.34 bits per heavy atom. The number of phenols is 1. The molecule has 1 N–H and O–H groups in total. The maximum atomic E-state index is 15.0. The largest absolute Gasteiger partial charge is 0.508 e. The standard InChI is InChI=1S/C33H27ClN2O5/c1-35-29(38)24-14-13-23-25(27(24)31(35)40)17-26-30(39)36(21-11-6-10-20(34)16-21)32(41)33(26,19-8-3-2-4-9-19)28(23)18-7-5-12-22(37)15-18/h2-13,15-16,24-28,37H,14,17H2,1H3/t24-,25+,26-,27-,28-,33+/m0/s1. The molecule has 3 aromatic carbocycles. The number of fused-ring (bicyclic) bond motifs is 4. The van der Waals surface area contributed by atoms with Gasteiger partial charge in [0.05, 0.1) is 28.9 Å². The summed E-state index contributed by atoms with van der Waals surface area (Å²) in [4.78, 5) is 58.4. The number of amides is 4. The van der Waals surface area contributed by atoms with Crippen LogP contribution in [0.15, 0.2) is 90.5 Å². The molecule has 4 aliphatic rings.